The summed E-state index contributed by atoms with van der Waals surface area (Å²) < 4.78 is 59.9. The Bertz CT molecular complexity index is 2940. The third-order valence-electron chi connectivity index (χ3n) is 13.1. The molecule has 2 aromatic heterocycles. The lowest BCUT2D eigenvalue weighted by Crippen LogP contribution is -2.26. The zero-order valence-electron chi connectivity index (χ0n) is 39.7. The topological polar surface area (TPSA) is 180 Å². The van der Waals surface area contributed by atoms with Crippen LogP contribution in [0.2, 0.25) is 0 Å². The van der Waals surface area contributed by atoms with Crippen LogP contribution in [0.1, 0.15) is 117 Å². The molecule has 0 aliphatic heterocycles. The third-order valence-corrected chi connectivity index (χ3v) is 16.6. The summed E-state index contributed by atoms with van der Waals surface area (Å²) in [6.07, 6.45) is 12.8. The molecule has 2 fully saturated rings. The van der Waals surface area contributed by atoms with E-state index >= 15 is 0 Å². The van der Waals surface area contributed by atoms with Gasteiger partial charge in [-0.15, -0.1) is 0 Å². The van der Waals surface area contributed by atoms with E-state index in [4.69, 9.17) is 15.7 Å². The minimum absolute atomic E-state index is 0.104. The number of nitrogens with two attached hydrogens (primary N) is 1. The molecule has 14 nitrogen and oxygen atoms in total. The number of anilines is 3. The molecule has 8 rings (SSSR count). The summed E-state index contributed by atoms with van der Waals surface area (Å²) in [5.41, 5.74) is 10.4. The van der Waals surface area contributed by atoms with Crippen molar-refractivity contribution in [3.05, 3.63) is 107 Å². The lowest BCUT2D eigenvalue weighted by atomic mass is 9.88. The number of nitrogen functional groups attached to an aromatic ring is 1. The van der Waals surface area contributed by atoms with Gasteiger partial charge in [-0.3, -0.25) is 18.7 Å². The van der Waals surface area contributed by atoms with Gasteiger partial charge < -0.3 is 14.9 Å². The van der Waals surface area contributed by atoms with Gasteiger partial charge in [0.25, 0.3) is 25.7 Å². The highest BCUT2D eigenvalue weighted by Crippen LogP contribution is 2.36. The Hall–Kier alpha value is -5.48. The van der Waals surface area contributed by atoms with Gasteiger partial charge >= 0.3 is 0 Å². The average molecular weight is 939 g/mol. The van der Waals surface area contributed by atoms with Crippen LogP contribution in [0, 0.1) is 22.0 Å². The predicted octanol–water partition coefficient (Wildman–Crippen LogP) is 11.0. The van der Waals surface area contributed by atoms with Crippen molar-refractivity contribution in [2.24, 2.45) is 11.8 Å². The van der Waals surface area contributed by atoms with Crippen LogP contribution in [-0.2, 0) is 44.0 Å². The molecule has 0 unspecified atom stereocenters. The third kappa shape index (κ3) is 10.4. The quantitative estimate of drug-likeness (QED) is 0.0751. The average Bonchev–Trinajstić information content (AvgIpc) is 3.84. The molecule has 6 aromatic rings. The van der Waals surface area contributed by atoms with Gasteiger partial charge in [-0.05, 0) is 98.2 Å². The predicted molar refractivity (Wildman–Crippen MR) is 265 cm³/mol. The molecule has 2 saturated carbocycles. The molecule has 2 aliphatic carbocycles. The fourth-order valence-electron chi connectivity index (χ4n) is 9.42. The van der Waals surface area contributed by atoms with E-state index in [1.54, 1.807) is 37.4 Å². The van der Waals surface area contributed by atoms with E-state index in [1.807, 2.05) is 24.3 Å². The molecular weight excluding hydrogens is 873 g/mol. The number of benzene rings is 4. The highest BCUT2D eigenvalue weighted by molar-refractivity contribution is 7.93. The summed E-state index contributed by atoms with van der Waals surface area (Å²) >= 11 is 0. The summed E-state index contributed by atoms with van der Waals surface area (Å²) in [5, 5.41) is 11.1. The second-order valence-electron chi connectivity index (χ2n) is 20.2. The molecule has 354 valence electrons. The van der Waals surface area contributed by atoms with Crippen LogP contribution in [0.3, 0.4) is 0 Å². The van der Waals surface area contributed by atoms with Gasteiger partial charge in [0.2, 0.25) is 0 Å². The number of aromatic nitrogens is 4. The molecule has 4 aromatic carbocycles. The largest absolute Gasteiger partial charge is 0.399 e. The zero-order valence-corrected chi connectivity index (χ0v) is 41.3. The van der Waals surface area contributed by atoms with Crippen LogP contribution in [0.5, 0.6) is 0 Å². The number of hydrogen-bond acceptors (Lipinski definition) is 9. The standard InChI is InChI=1S/C25H32N4O4S.C25H34N4O2S/c1-25(2,3)24-26-22-16-19(13-14-23(22)28(24)17-18-9-6-5-7-10-18)27(4)34(32,33)21-12-8-11-20(15-21)29(30)31;1-25(2,3)24-27-22-16-20(28(4)32(30,31)21-12-8-11-19(26)15-21)13-14-23(22)29(24)17-18-9-6-5-7-10-18/h8,11-16,18H,5-7,9-10,17H2,1-4H3;8,11-16,18H,5-7,9-10,17,26H2,1-4H3. The molecule has 0 amide bonds. The van der Waals surface area contributed by atoms with E-state index in [2.05, 4.69) is 50.7 Å². The van der Waals surface area contributed by atoms with Gasteiger partial charge in [0, 0.05) is 55.8 Å². The van der Waals surface area contributed by atoms with Gasteiger partial charge in [0.05, 0.1) is 48.2 Å². The van der Waals surface area contributed by atoms with E-state index in [0.29, 0.717) is 28.9 Å². The van der Waals surface area contributed by atoms with E-state index < -0.39 is 25.0 Å². The lowest BCUT2D eigenvalue weighted by Gasteiger charge is -2.26. The Kier molecular flexibility index (Phi) is 14.0. The first-order valence-electron chi connectivity index (χ1n) is 23.1. The fourth-order valence-corrected chi connectivity index (χ4v) is 11.9. The van der Waals surface area contributed by atoms with Crippen molar-refractivity contribution in [3.63, 3.8) is 0 Å². The van der Waals surface area contributed by atoms with Crippen molar-refractivity contribution in [3.8, 4) is 0 Å². The summed E-state index contributed by atoms with van der Waals surface area (Å²) in [5.74, 6) is 3.35. The van der Waals surface area contributed by atoms with Crippen molar-refractivity contribution in [1.82, 2.24) is 19.1 Å². The van der Waals surface area contributed by atoms with E-state index in [1.165, 1.54) is 99.8 Å². The van der Waals surface area contributed by atoms with Crippen molar-refractivity contribution in [2.45, 2.75) is 139 Å². The Labute approximate surface area is 390 Å². The second-order valence-corrected chi connectivity index (χ2v) is 24.2. The molecule has 0 atom stereocenters. The number of fused-ring (bicyclic) bond motifs is 2. The van der Waals surface area contributed by atoms with Crippen LogP contribution in [-0.4, -0.2) is 55.0 Å². The number of nitro benzene ring substituents is 1. The van der Waals surface area contributed by atoms with Crippen LogP contribution < -0.4 is 14.3 Å². The monoisotopic (exact) mass is 938 g/mol. The molecule has 2 N–H and O–H groups in total. The van der Waals surface area contributed by atoms with Gasteiger partial charge in [0.15, 0.2) is 0 Å². The van der Waals surface area contributed by atoms with Crippen LogP contribution >= 0.6 is 0 Å². The normalized spacial score (nSPS) is 15.7. The SMILES string of the molecule is CN(c1ccc2c(c1)nc(C(C)(C)C)n2CC1CCCCC1)S(=O)(=O)c1cccc(N)c1.CN(c1ccc2c(c1)nc(C(C)(C)C)n2CC1CCCCC1)S(=O)(=O)c1cccc([N+](=O)[O-])c1. The number of imidazole rings is 2. The van der Waals surface area contributed by atoms with Crippen molar-refractivity contribution in [1.29, 1.82) is 0 Å². The maximum Gasteiger partial charge on any atom is 0.270 e. The number of hydrogen-bond donors (Lipinski definition) is 1. The van der Waals surface area contributed by atoms with E-state index in [9.17, 15) is 26.9 Å². The van der Waals surface area contributed by atoms with Crippen molar-refractivity contribution < 1.29 is 21.8 Å². The summed E-state index contributed by atoms with van der Waals surface area (Å²) in [7, 11) is -4.67. The Balaban J connectivity index is 0.000000197. The zero-order chi connectivity index (χ0) is 47.8. The number of sulfonamides is 2. The first-order chi connectivity index (χ1) is 31.0. The molecule has 0 bridgehead atoms. The molecule has 2 aliphatic rings. The minimum atomic E-state index is -3.98. The van der Waals surface area contributed by atoms with Gasteiger partial charge in [0.1, 0.15) is 11.6 Å². The molecule has 66 heavy (non-hydrogen) atoms. The molecule has 16 heteroatoms. The van der Waals surface area contributed by atoms with E-state index in [-0.39, 0.29) is 26.3 Å². The van der Waals surface area contributed by atoms with Crippen LogP contribution in [0.25, 0.3) is 22.1 Å². The minimum Gasteiger partial charge on any atom is -0.399 e. The summed E-state index contributed by atoms with van der Waals surface area (Å²) in [6.45, 7) is 14.9. The van der Waals surface area contributed by atoms with Crippen LogP contribution in [0.15, 0.2) is 94.7 Å². The smallest absolute Gasteiger partial charge is 0.270 e. The molecule has 0 radical (unpaired) electrons. The number of non-ortho nitro benzene ring substituents is 1. The first kappa shape index (κ1) is 48.5. The maximum atomic E-state index is 13.2. The van der Waals surface area contributed by atoms with Crippen LogP contribution in [0.4, 0.5) is 22.7 Å². The maximum absolute atomic E-state index is 13.2. The summed E-state index contributed by atoms with van der Waals surface area (Å²) in [6, 6.07) is 22.8. The lowest BCUT2D eigenvalue weighted by molar-refractivity contribution is -0.385. The van der Waals surface area contributed by atoms with Crippen molar-refractivity contribution >= 4 is 64.9 Å². The molecule has 2 heterocycles. The number of rotatable bonds is 11. The molecule has 0 saturated heterocycles. The number of nitro groups is 1. The fraction of sp³-hybridized carbons (Fsp3) is 0.480. The molecule has 0 spiro atoms. The van der Waals surface area contributed by atoms with Gasteiger partial charge in [-0.25, -0.2) is 26.8 Å². The Morgan fingerprint density at radius 2 is 1.03 bits per heavy atom. The second kappa shape index (κ2) is 19.0. The molecular formula is C50H66N8O6S2. The Morgan fingerprint density at radius 1 is 0.621 bits per heavy atom. The van der Waals surface area contributed by atoms with E-state index in [0.717, 1.165) is 57.2 Å². The number of nitrogens with zero attached hydrogens (tertiary/aromatic N) is 7. The van der Waals surface area contributed by atoms with Gasteiger partial charge in [-0.1, -0.05) is 92.2 Å². The highest BCUT2D eigenvalue weighted by Gasteiger charge is 2.30. The highest BCUT2D eigenvalue weighted by atomic mass is 32.2. The summed E-state index contributed by atoms with van der Waals surface area (Å²) in [4.78, 5) is 20.5. The first-order valence-corrected chi connectivity index (χ1v) is 26.0. The van der Waals surface area contributed by atoms with Crippen molar-refractivity contribution in [2.75, 3.05) is 28.4 Å². The Morgan fingerprint density at radius 3 is 1.42 bits per heavy atom. The van der Waals surface area contributed by atoms with Gasteiger partial charge in [-0.2, -0.15) is 0 Å².